The Kier molecular flexibility index (Phi) is 3.66. The second-order valence-electron chi connectivity index (χ2n) is 4.53. The summed E-state index contributed by atoms with van der Waals surface area (Å²) in [6.07, 6.45) is 1.26. The van der Waals surface area contributed by atoms with Crippen LogP contribution in [0.25, 0.3) is 0 Å². The van der Waals surface area contributed by atoms with Crippen LogP contribution in [0.4, 0.5) is 0 Å². The zero-order chi connectivity index (χ0) is 10.7. The van der Waals surface area contributed by atoms with Crippen LogP contribution >= 0.6 is 11.6 Å². The first-order chi connectivity index (χ1) is 7.28. The molecular weight excluding hydrogens is 206 g/mol. The van der Waals surface area contributed by atoms with Crippen LogP contribution in [0.1, 0.15) is 17.5 Å². The Balaban J connectivity index is 1.92. The van der Waals surface area contributed by atoms with E-state index in [4.69, 9.17) is 11.6 Å². The zero-order valence-electron chi connectivity index (χ0n) is 9.25. The first-order valence-corrected chi connectivity index (χ1v) is 6.15. The van der Waals surface area contributed by atoms with Gasteiger partial charge in [-0.2, -0.15) is 0 Å². The van der Waals surface area contributed by atoms with Gasteiger partial charge in [0.25, 0.3) is 0 Å². The highest BCUT2D eigenvalue weighted by atomic mass is 35.5. The Morgan fingerprint density at radius 3 is 3.00 bits per heavy atom. The summed E-state index contributed by atoms with van der Waals surface area (Å²) in [5, 5.41) is 0. The Hall–Kier alpha value is -0.530. The quantitative estimate of drug-likeness (QED) is 0.712. The van der Waals surface area contributed by atoms with Crippen LogP contribution in [0.5, 0.6) is 0 Å². The van der Waals surface area contributed by atoms with Gasteiger partial charge in [0.2, 0.25) is 0 Å². The van der Waals surface area contributed by atoms with Crippen LogP contribution in [0, 0.1) is 12.8 Å². The van der Waals surface area contributed by atoms with Crippen molar-refractivity contribution in [2.75, 3.05) is 19.0 Å². The highest BCUT2D eigenvalue weighted by Crippen LogP contribution is 2.19. The normalized spacial score (nSPS) is 22.1. The van der Waals surface area contributed by atoms with Gasteiger partial charge in [-0.25, -0.2) is 0 Å². The summed E-state index contributed by atoms with van der Waals surface area (Å²) >= 11 is 5.87. The molecule has 15 heavy (non-hydrogen) atoms. The predicted octanol–water partition coefficient (Wildman–Crippen LogP) is 3.06. The SMILES string of the molecule is Cc1cccc(CN2CCC(CCl)C2)c1. The number of nitrogens with zero attached hydrogens (tertiary/aromatic N) is 1. The molecule has 1 aliphatic heterocycles. The number of benzene rings is 1. The Morgan fingerprint density at radius 2 is 2.33 bits per heavy atom. The van der Waals surface area contributed by atoms with Crippen molar-refractivity contribution in [1.82, 2.24) is 4.90 Å². The second-order valence-corrected chi connectivity index (χ2v) is 4.84. The maximum Gasteiger partial charge on any atom is 0.0264 e. The molecular formula is C13H18ClN. The van der Waals surface area contributed by atoms with Gasteiger partial charge in [0.15, 0.2) is 0 Å². The van der Waals surface area contributed by atoms with Crippen LogP contribution in [0.15, 0.2) is 24.3 Å². The molecule has 1 unspecified atom stereocenters. The summed E-state index contributed by atoms with van der Waals surface area (Å²) in [6, 6.07) is 8.77. The topological polar surface area (TPSA) is 3.24 Å². The van der Waals surface area contributed by atoms with Crippen LogP contribution in [0.2, 0.25) is 0 Å². The molecule has 0 saturated carbocycles. The van der Waals surface area contributed by atoms with E-state index in [0.29, 0.717) is 5.92 Å². The van der Waals surface area contributed by atoms with Crippen molar-refractivity contribution in [3.63, 3.8) is 0 Å². The van der Waals surface area contributed by atoms with Gasteiger partial charge in [0.1, 0.15) is 0 Å². The first-order valence-electron chi connectivity index (χ1n) is 5.62. The molecule has 0 aromatic heterocycles. The lowest BCUT2D eigenvalue weighted by Gasteiger charge is -2.15. The number of hydrogen-bond donors (Lipinski definition) is 0. The molecule has 1 nitrogen and oxygen atoms in total. The van der Waals surface area contributed by atoms with Crippen molar-refractivity contribution < 1.29 is 0 Å². The lowest BCUT2D eigenvalue weighted by Crippen LogP contribution is -2.20. The van der Waals surface area contributed by atoms with E-state index in [1.165, 1.54) is 24.1 Å². The average molecular weight is 224 g/mol. The third-order valence-corrected chi connectivity index (χ3v) is 3.51. The molecule has 2 heteroatoms. The van der Waals surface area contributed by atoms with E-state index in [-0.39, 0.29) is 0 Å². The molecule has 0 radical (unpaired) electrons. The highest BCUT2D eigenvalue weighted by molar-refractivity contribution is 6.18. The minimum absolute atomic E-state index is 0.705. The van der Waals surface area contributed by atoms with Crippen molar-refractivity contribution in [2.45, 2.75) is 19.9 Å². The molecule has 1 atom stereocenters. The van der Waals surface area contributed by atoms with E-state index in [1.807, 2.05) is 0 Å². The summed E-state index contributed by atoms with van der Waals surface area (Å²) in [7, 11) is 0. The molecule has 0 amide bonds. The van der Waals surface area contributed by atoms with Gasteiger partial charge in [-0.15, -0.1) is 11.6 Å². The molecule has 1 aromatic rings. The summed E-state index contributed by atoms with van der Waals surface area (Å²) in [5.74, 6) is 1.51. The van der Waals surface area contributed by atoms with Crippen molar-refractivity contribution in [2.24, 2.45) is 5.92 Å². The fraction of sp³-hybridized carbons (Fsp3) is 0.538. The van der Waals surface area contributed by atoms with Gasteiger partial charge in [-0.05, 0) is 31.4 Å². The summed E-state index contributed by atoms with van der Waals surface area (Å²) < 4.78 is 0. The number of likely N-dealkylation sites (tertiary alicyclic amines) is 1. The Labute approximate surface area is 97.0 Å². The Bertz CT molecular complexity index is 324. The largest absolute Gasteiger partial charge is 0.299 e. The van der Waals surface area contributed by atoms with Gasteiger partial charge in [-0.1, -0.05) is 29.8 Å². The van der Waals surface area contributed by atoms with Crippen molar-refractivity contribution in [3.05, 3.63) is 35.4 Å². The van der Waals surface area contributed by atoms with Gasteiger partial charge < -0.3 is 0 Å². The lowest BCUT2D eigenvalue weighted by atomic mass is 10.1. The van der Waals surface area contributed by atoms with E-state index in [1.54, 1.807) is 0 Å². The van der Waals surface area contributed by atoms with Crippen LogP contribution in [-0.2, 0) is 6.54 Å². The van der Waals surface area contributed by atoms with Gasteiger partial charge in [0, 0.05) is 19.0 Å². The molecule has 1 heterocycles. The smallest absolute Gasteiger partial charge is 0.0264 e. The zero-order valence-corrected chi connectivity index (χ0v) is 10.0. The monoisotopic (exact) mass is 223 g/mol. The molecule has 0 bridgehead atoms. The molecule has 1 aliphatic rings. The second kappa shape index (κ2) is 5.00. The molecule has 1 saturated heterocycles. The van der Waals surface area contributed by atoms with Gasteiger partial charge in [0.05, 0.1) is 0 Å². The fourth-order valence-corrected chi connectivity index (χ4v) is 2.50. The molecule has 1 fully saturated rings. The number of halogens is 1. The number of rotatable bonds is 3. The average Bonchev–Trinajstić information content (AvgIpc) is 2.65. The Morgan fingerprint density at radius 1 is 1.47 bits per heavy atom. The van der Waals surface area contributed by atoms with E-state index in [9.17, 15) is 0 Å². The molecule has 0 N–H and O–H groups in total. The molecule has 1 aromatic carbocycles. The summed E-state index contributed by atoms with van der Waals surface area (Å²) in [5.41, 5.74) is 2.77. The molecule has 82 valence electrons. The molecule has 2 rings (SSSR count). The minimum atomic E-state index is 0.705. The summed E-state index contributed by atoms with van der Waals surface area (Å²) in [4.78, 5) is 2.50. The number of hydrogen-bond acceptors (Lipinski definition) is 1. The summed E-state index contributed by atoms with van der Waals surface area (Å²) in [6.45, 7) is 5.59. The van der Waals surface area contributed by atoms with Crippen molar-refractivity contribution >= 4 is 11.6 Å². The number of alkyl halides is 1. The first kappa shape index (κ1) is 11.0. The third kappa shape index (κ3) is 2.96. The van der Waals surface area contributed by atoms with E-state index < -0.39 is 0 Å². The van der Waals surface area contributed by atoms with E-state index in [2.05, 4.69) is 36.1 Å². The highest BCUT2D eigenvalue weighted by Gasteiger charge is 2.21. The van der Waals surface area contributed by atoms with Gasteiger partial charge >= 0.3 is 0 Å². The third-order valence-electron chi connectivity index (χ3n) is 3.08. The lowest BCUT2D eigenvalue weighted by molar-refractivity contribution is 0.321. The number of aryl methyl sites for hydroxylation is 1. The molecule has 0 spiro atoms. The maximum absolute atomic E-state index is 5.87. The fourth-order valence-electron chi connectivity index (χ4n) is 2.25. The minimum Gasteiger partial charge on any atom is -0.299 e. The van der Waals surface area contributed by atoms with Crippen LogP contribution < -0.4 is 0 Å². The van der Waals surface area contributed by atoms with E-state index >= 15 is 0 Å². The standard InChI is InChI=1S/C13H18ClN/c1-11-3-2-4-12(7-11)9-15-6-5-13(8-14)10-15/h2-4,7,13H,5-6,8-10H2,1H3. The van der Waals surface area contributed by atoms with Crippen LogP contribution in [-0.4, -0.2) is 23.9 Å². The van der Waals surface area contributed by atoms with Gasteiger partial charge in [-0.3, -0.25) is 4.90 Å². The maximum atomic E-state index is 5.87. The van der Waals surface area contributed by atoms with Crippen molar-refractivity contribution in [1.29, 1.82) is 0 Å². The van der Waals surface area contributed by atoms with Crippen molar-refractivity contribution in [3.8, 4) is 0 Å². The molecule has 0 aliphatic carbocycles. The van der Waals surface area contributed by atoms with Crippen LogP contribution in [0.3, 0.4) is 0 Å². The predicted molar refractivity (Wildman–Crippen MR) is 65.3 cm³/mol. The van der Waals surface area contributed by atoms with E-state index in [0.717, 1.165) is 19.0 Å².